The van der Waals surface area contributed by atoms with Gasteiger partial charge in [-0.3, -0.25) is 4.79 Å². The lowest BCUT2D eigenvalue weighted by Gasteiger charge is -2.31. The number of nitrogens with zero attached hydrogens (tertiary/aromatic N) is 1. The number of sulfonamides is 1. The maximum Gasteiger partial charge on any atom is 0.243 e. The molecule has 0 saturated carbocycles. The zero-order valence-corrected chi connectivity index (χ0v) is 20.8. The summed E-state index contributed by atoms with van der Waals surface area (Å²) in [5, 5.41) is 2.96. The maximum atomic E-state index is 12.9. The summed E-state index contributed by atoms with van der Waals surface area (Å²) in [5.41, 5.74) is 0.805. The average molecular weight is 497 g/mol. The van der Waals surface area contributed by atoms with Gasteiger partial charge in [0, 0.05) is 30.2 Å². The van der Waals surface area contributed by atoms with E-state index in [1.807, 2.05) is 13.2 Å². The van der Waals surface area contributed by atoms with Gasteiger partial charge in [-0.05, 0) is 68.0 Å². The minimum Gasteiger partial charge on any atom is -0.349 e. The molecule has 0 spiro atoms. The van der Waals surface area contributed by atoms with Crippen LogP contribution in [0.4, 0.5) is 0 Å². The van der Waals surface area contributed by atoms with E-state index < -0.39 is 19.9 Å². The van der Waals surface area contributed by atoms with Gasteiger partial charge in [-0.15, -0.1) is 11.8 Å². The fraction of sp³-hybridized carbons (Fsp3) is 0.409. The number of carbonyl (C=O) groups is 1. The van der Waals surface area contributed by atoms with Crippen molar-refractivity contribution in [1.82, 2.24) is 9.62 Å². The van der Waals surface area contributed by atoms with Crippen molar-refractivity contribution in [3.8, 4) is 0 Å². The Morgan fingerprint density at radius 2 is 1.50 bits per heavy atom. The first-order chi connectivity index (χ1) is 15.0. The smallest absolute Gasteiger partial charge is 0.243 e. The molecule has 1 atom stereocenters. The van der Waals surface area contributed by atoms with Gasteiger partial charge in [0.2, 0.25) is 15.9 Å². The second-order valence-corrected chi connectivity index (χ2v) is 12.8. The molecule has 1 N–H and O–H groups in total. The van der Waals surface area contributed by atoms with Crippen molar-refractivity contribution in [3.63, 3.8) is 0 Å². The monoisotopic (exact) mass is 496 g/mol. The van der Waals surface area contributed by atoms with Gasteiger partial charge >= 0.3 is 0 Å². The molecule has 1 fully saturated rings. The second-order valence-electron chi connectivity index (χ2n) is 7.93. The lowest BCUT2D eigenvalue weighted by molar-refractivity contribution is -0.126. The number of hydrogen-bond donors (Lipinski definition) is 1. The minimum atomic E-state index is -3.58. The number of benzene rings is 2. The summed E-state index contributed by atoms with van der Waals surface area (Å²) >= 11 is 1.55. The van der Waals surface area contributed by atoms with E-state index in [0.29, 0.717) is 25.9 Å². The number of rotatable bonds is 7. The first-order valence-corrected chi connectivity index (χ1v) is 14.8. The Hall–Kier alpha value is -1.88. The highest BCUT2D eigenvalue weighted by Crippen LogP contribution is 2.26. The van der Waals surface area contributed by atoms with Crippen LogP contribution in [0.2, 0.25) is 0 Å². The largest absolute Gasteiger partial charge is 0.349 e. The zero-order chi connectivity index (χ0) is 23.5. The normalized spacial score (nSPS) is 17.1. The Kier molecular flexibility index (Phi) is 7.69. The van der Waals surface area contributed by atoms with E-state index in [1.165, 1.54) is 16.4 Å². The van der Waals surface area contributed by atoms with Gasteiger partial charge in [0.25, 0.3) is 0 Å². The predicted octanol–water partition coefficient (Wildman–Crippen LogP) is 3.09. The molecule has 0 aromatic heterocycles. The van der Waals surface area contributed by atoms with Gasteiger partial charge in [0.1, 0.15) is 0 Å². The van der Waals surface area contributed by atoms with Crippen molar-refractivity contribution < 1.29 is 21.6 Å². The molecule has 1 saturated heterocycles. The molecule has 1 aliphatic rings. The van der Waals surface area contributed by atoms with E-state index in [4.69, 9.17) is 0 Å². The number of piperidine rings is 1. The van der Waals surface area contributed by atoms with Crippen LogP contribution >= 0.6 is 11.8 Å². The molecule has 10 heteroatoms. The average Bonchev–Trinajstić information content (AvgIpc) is 2.78. The van der Waals surface area contributed by atoms with Crippen molar-refractivity contribution in [2.75, 3.05) is 25.6 Å². The summed E-state index contributed by atoms with van der Waals surface area (Å²) < 4.78 is 50.4. The molecule has 32 heavy (non-hydrogen) atoms. The minimum absolute atomic E-state index is 0.119. The van der Waals surface area contributed by atoms with Gasteiger partial charge in [-0.25, -0.2) is 16.8 Å². The number of nitrogens with one attached hydrogen (secondary N) is 1. The summed E-state index contributed by atoms with van der Waals surface area (Å²) in [6.45, 7) is 2.43. The van der Waals surface area contributed by atoms with Gasteiger partial charge in [-0.1, -0.05) is 12.1 Å². The molecular weight excluding hydrogens is 468 g/mol. The SMILES string of the molecule is CSc1ccc(S(=O)(=O)N2CCC(C(=O)N[C@H](C)c3ccc(S(C)(=O)=O)cc3)CC2)cc1. The highest BCUT2D eigenvalue weighted by atomic mass is 32.2. The third kappa shape index (κ3) is 5.72. The molecule has 2 aromatic carbocycles. The van der Waals surface area contributed by atoms with Crippen molar-refractivity contribution in [1.29, 1.82) is 0 Å². The van der Waals surface area contributed by atoms with Crippen LogP contribution in [0.5, 0.6) is 0 Å². The molecule has 174 valence electrons. The Balaban J connectivity index is 1.57. The van der Waals surface area contributed by atoms with Crippen LogP contribution in [0.3, 0.4) is 0 Å². The molecule has 2 aromatic rings. The van der Waals surface area contributed by atoms with Crippen LogP contribution in [-0.4, -0.2) is 52.6 Å². The summed E-state index contributed by atoms with van der Waals surface area (Å²) in [6, 6.07) is 13.0. The summed E-state index contributed by atoms with van der Waals surface area (Å²) in [5.74, 6) is -0.385. The summed E-state index contributed by atoms with van der Waals surface area (Å²) in [7, 11) is -6.84. The molecule has 0 aliphatic carbocycles. The Morgan fingerprint density at radius 3 is 2.00 bits per heavy atom. The van der Waals surface area contributed by atoms with E-state index in [0.717, 1.165) is 16.7 Å². The van der Waals surface area contributed by atoms with Crippen LogP contribution < -0.4 is 5.32 Å². The number of thioether (sulfide) groups is 1. The molecule has 0 unspecified atom stereocenters. The Labute approximate surface area is 194 Å². The molecule has 0 radical (unpaired) electrons. The van der Waals surface area contributed by atoms with Crippen LogP contribution in [0.15, 0.2) is 63.2 Å². The molecule has 0 bridgehead atoms. The quantitative estimate of drug-likeness (QED) is 0.591. The van der Waals surface area contributed by atoms with E-state index in [1.54, 1.807) is 48.2 Å². The van der Waals surface area contributed by atoms with Crippen molar-refractivity contribution in [2.24, 2.45) is 5.92 Å². The lowest BCUT2D eigenvalue weighted by Crippen LogP contribution is -2.43. The van der Waals surface area contributed by atoms with Crippen molar-refractivity contribution in [3.05, 3.63) is 54.1 Å². The highest BCUT2D eigenvalue weighted by molar-refractivity contribution is 7.98. The van der Waals surface area contributed by atoms with E-state index >= 15 is 0 Å². The first kappa shape index (κ1) is 24.8. The third-order valence-electron chi connectivity index (χ3n) is 5.69. The number of sulfone groups is 1. The molecular formula is C22H28N2O5S3. The molecule has 3 rings (SSSR count). The zero-order valence-electron chi connectivity index (χ0n) is 18.3. The highest BCUT2D eigenvalue weighted by Gasteiger charge is 2.32. The second kappa shape index (κ2) is 9.94. The van der Waals surface area contributed by atoms with Crippen LogP contribution in [0.25, 0.3) is 0 Å². The topological polar surface area (TPSA) is 101 Å². The molecule has 7 nitrogen and oxygen atoms in total. The van der Waals surface area contributed by atoms with E-state index in [9.17, 15) is 21.6 Å². The predicted molar refractivity (Wildman–Crippen MR) is 126 cm³/mol. The molecule has 1 amide bonds. The number of hydrogen-bond acceptors (Lipinski definition) is 6. The number of amides is 1. The maximum absolute atomic E-state index is 12.9. The van der Waals surface area contributed by atoms with Crippen molar-refractivity contribution in [2.45, 2.75) is 40.5 Å². The summed E-state index contributed by atoms with van der Waals surface area (Å²) in [4.78, 5) is 14.2. The number of carbonyl (C=O) groups excluding carboxylic acids is 1. The fourth-order valence-electron chi connectivity index (χ4n) is 3.67. The third-order valence-corrected chi connectivity index (χ3v) is 9.47. The van der Waals surface area contributed by atoms with Crippen LogP contribution in [-0.2, 0) is 24.7 Å². The van der Waals surface area contributed by atoms with E-state index in [2.05, 4.69) is 5.32 Å². The standard InChI is InChI=1S/C22H28N2O5S3/c1-16(17-4-8-20(9-5-17)31(3,26)27)23-22(25)18-12-14-24(15-13-18)32(28,29)21-10-6-19(30-2)7-11-21/h4-11,16,18H,12-15H2,1-3H3,(H,23,25)/t16-/m1/s1. The first-order valence-electron chi connectivity index (χ1n) is 10.3. The van der Waals surface area contributed by atoms with Gasteiger partial charge in [0.15, 0.2) is 9.84 Å². The Bertz CT molecular complexity index is 1150. The molecule has 1 heterocycles. The van der Waals surface area contributed by atoms with Gasteiger partial charge in [-0.2, -0.15) is 4.31 Å². The van der Waals surface area contributed by atoms with Gasteiger partial charge in [0.05, 0.1) is 15.8 Å². The fourth-order valence-corrected chi connectivity index (χ4v) is 6.18. The van der Waals surface area contributed by atoms with Crippen LogP contribution in [0, 0.1) is 5.92 Å². The lowest BCUT2D eigenvalue weighted by atomic mass is 9.96. The van der Waals surface area contributed by atoms with Gasteiger partial charge < -0.3 is 5.32 Å². The Morgan fingerprint density at radius 1 is 0.969 bits per heavy atom. The van der Waals surface area contributed by atoms with Crippen molar-refractivity contribution >= 4 is 37.5 Å². The van der Waals surface area contributed by atoms with Crippen LogP contribution in [0.1, 0.15) is 31.4 Å². The van der Waals surface area contributed by atoms with E-state index in [-0.39, 0.29) is 27.7 Å². The molecule has 1 aliphatic heterocycles. The summed E-state index contributed by atoms with van der Waals surface area (Å²) in [6.07, 6.45) is 3.99.